The highest BCUT2D eigenvalue weighted by molar-refractivity contribution is 5.98. The first kappa shape index (κ1) is 10.2. The molecule has 3 fully saturated rings. The van der Waals surface area contributed by atoms with Gasteiger partial charge < -0.3 is 9.47 Å². The summed E-state index contributed by atoms with van der Waals surface area (Å²) in [6.07, 6.45) is 0.383. The van der Waals surface area contributed by atoms with Crippen LogP contribution in [0.1, 0.15) is 27.2 Å². The number of likely N-dealkylation sites (tertiary alicyclic amines) is 1. The van der Waals surface area contributed by atoms with Crippen LogP contribution in [0.4, 0.5) is 0 Å². The Kier molecular flexibility index (Phi) is 1.82. The summed E-state index contributed by atoms with van der Waals surface area (Å²) in [5.41, 5.74) is 0. The van der Waals surface area contributed by atoms with Gasteiger partial charge in [0.25, 0.3) is 0 Å². The molecule has 2 saturated heterocycles. The van der Waals surface area contributed by atoms with Crippen LogP contribution in [0, 0.1) is 5.92 Å². The van der Waals surface area contributed by atoms with Crippen molar-refractivity contribution in [2.24, 2.45) is 5.92 Å². The fourth-order valence-corrected chi connectivity index (χ4v) is 3.18. The smallest absolute Gasteiger partial charge is 0.235 e. The molecule has 88 valence electrons. The molecule has 0 spiro atoms. The third-order valence-electron chi connectivity index (χ3n) is 3.66. The minimum Gasteiger partial charge on any atom is -0.344 e. The Hall–Kier alpha value is -0.940. The number of hydrogen-bond donors (Lipinski definition) is 0. The molecule has 0 unspecified atom stereocenters. The maximum absolute atomic E-state index is 11.9. The van der Waals surface area contributed by atoms with E-state index in [4.69, 9.17) is 9.47 Å². The number of fused-ring (bicyclic) bond motifs is 5. The van der Waals surface area contributed by atoms with E-state index in [2.05, 4.69) is 0 Å². The molecule has 0 aromatic carbocycles. The summed E-state index contributed by atoms with van der Waals surface area (Å²) in [6, 6.07) is -0.123. The molecule has 0 aromatic heterocycles. The van der Waals surface area contributed by atoms with Gasteiger partial charge in [-0.2, -0.15) is 0 Å². The fraction of sp³-hybridized carbons (Fsp3) is 0.818. The van der Waals surface area contributed by atoms with Gasteiger partial charge in [-0.3, -0.25) is 14.5 Å². The molecule has 1 aliphatic carbocycles. The summed E-state index contributed by atoms with van der Waals surface area (Å²) in [4.78, 5) is 24.7. The van der Waals surface area contributed by atoms with Crippen molar-refractivity contribution in [3.8, 4) is 0 Å². The van der Waals surface area contributed by atoms with Crippen molar-refractivity contribution in [2.45, 2.75) is 51.2 Å². The highest BCUT2D eigenvalue weighted by atomic mass is 16.8. The number of nitrogens with zero attached hydrogens (tertiary/aromatic N) is 1. The maximum Gasteiger partial charge on any atom is 0.235 e. The van der Waals surface area contributed by atoms with Crippen LogP contribution in [0.5, 0.6) is 0 Å². The van der Waals surface area contributed by atoms with E-state index in [-0.39, 0.29) is 36.0 Å². The van der Waals surface area contributed by atoms with E-state index in [1.165, 1.54) is 11.8 Å². The molecular formula is C11H15NO4. The van der Waals surface area contributed by atoms with Gasteiger partial charge >= 0.3 is 0 Å². The summed E-state index contributed by atoms with van der Waals surface area (Å²) in [6.45, 7) is 5.11. The molecule has 0 aromatic rings. The summed E-state index contributed by atoms with van der Waals surface area (Å²) < 4.78 is 11.5. The zero-order valence-corrected chi connectivity index (χ0v) is 9.60. The number of carbonyl (C=O) groups excluding carboxylic acids is 2. The summed E-state index contributed by atoms with van der Waals surface area (Å²) in [5, 5.41) is 0. The molecule has 4 atom stereocenters. The van der Waals surface area contributed by atoms with E-state index in [0.29, 0.717) is 6.42 Å². The van der Waals surface area contributed by atoms with Gasteiger partial charge in [0.05, 0.1) is 12.0 Å². The van der Waals surface area contributed by atoms with Crippen molar-refractivity contribution < 1.29 is 19.1 Å². The van der Waals surface area contributed by atoms with Gasteiger partial charge in [0.2, 0.25) is 11.8 Å². The average Bonchev–Trinajstić information content (AvgIpc) is 2.70. The molecule has 2 bridgehead atoms. The zero-order valence-electron chi connectivity index (χ0n) is 9.60. The fourth-order valence-electron chi connectivity index (χ4n) is 3.18. The standard InChI is InChI=1S/C11H15NO4/c1-5(13)12-7-4-6(10(12)14)8-9(7)16-11(2,3)15-8/h6-9H,4H2,1-3H3/t6-,7+,8-,9+/m1/s1. The normalized spacial score (nSPS) is 43.9. The third kappa shape index (κ3) is 1.13. The molecule has 3 aliphatic rings. The molecule has 1 saturated carbocycles. The Morgan fingerprint density at radius 1 is 1.38 bits per heavy atom. The van der Waals surface area contributed by atoms with Gasteiger partial charge in [0, 0.05) is 6.92 Å². The van der Waals surface area contributed by atoms with E-state index in [9.17, 15) is 9.59 Å². The van der Waals surface area contributed by atoms with Crippen molar-refractivity contribution in [1.82, 2.24) is 4.90 Å². The number of piperidine rings is 1. The first-order chi connectivity index (χ1) is 7.41. The molecule has 2 heterocycles. The number of imide groups is 1. The van der Waals surface area contributed by atoms with Crippen LogP contribution in [0.2, 0.25) is 0 Å². The first-order valence-corrected chi connectivity index (χ1v) is 5.60. The minimum absolute atomic E-state index is 0.0972. The van der Waals surface area contributed by atoms with Gasteiger partial charge in [0.15, 0.2) is 5.79 Å². The highest BCUT2D eigenvalue weighted by Gasteiger charge is 2.64. The number of ether oxygens (including phenoxy) is 2. The Labute approximate surface area is 93.7 Å². The van der Waals surface area contributed by atoms with E-state index >= 15 is 0 Å². The molecule has 0 N–H and O–H groups in total. The molecule has 16 heavy (non-hydrogen) atoms. The summed E-state index contributed by atoms with van der Waals surface area (Å²) in [7, 11) is 0. The van der Waals surface area contributed by atoms with Gasteiger partial charge in [-0.1, -0.05) is 0 Å². The lowest BCUT2D eigenvalue weighted by atomic mass is 10.0. The van der Waals surface area contributed by atoms with Crippen molar-refractivity contribution in [1.29, 1.82) is 0 Å². The first-order valence-electron chi connectivity index (χ1n) is 5.60. The number of carbonyl (C=O) groups is 2. The van der Waals surface area contributed by atoms with E-state index in [1.54, 1.807) is 0 Å². The van der Waals surface area contributed by atoms with Crippen LogP contribution < -0.4 is 0 Å². The van der Waals surface area contributed by atoms with Crippen molar-refractivity contribution in [3.05, 3.63) is 0 Å². The highest BCUT2D eigenvalue weighted by Crippen LogP contribution is 2.48. The second-order valence-electron chi connectivity index (χ2n) is 5.20. The largest absolute Gasteiger partial charge is 0.344 e. The predicted molar refractivity (Wildman–Crippen MR) is 53.2 cm³/mol. The molecule has 3 rings (SSSR count). The van der Waals surface area contributed by atoms with Gasteiger partial charge in [0.1, 0.15) is 12.2 Å². The van der Waals surface area contributed by atoms with Crippen molar-refractivity contribution in [3.63, 3.8) is 0 Å². The molecule has 2 aliphatic heterocycles. The monoisotopic (exact) mass is 225 g/mol. The molecule has 0 radical (unpaired) electrons. The number of rotatable bonds is 0. The molecule has 5 nitrogen and oxygen atoms in total. The van der Waals surface area contributed by atoms with E-state index < -0.39 is 5.79 Å². The van der Waals surface area contributed by atoms with Crippen LogP contribution in [0.3, 0.4) is 0 Å². The molecular weight excluding hydrogens is 210 g/mol. The van der Waals surface area contributed by atoms with Crippen LogP contribution >= 0.6 is 0 Å². The quantitative estimate of drug-likeness (QED) is 0.594. The Bertz CT molecular complexity index is 378. The average molecular weight is 225 g/mol. The maximum atomic E-state index is 11.9. The lowest BCUT2D eigenvalue weighted by Gasteiger charge is -2.30. The van der Waals surface area contributed by atoms with Crippen LogP contribution in [-0.2, 0) is 19.1 Å². The lowest BCUT2D eigenvalue weighted by Crippen LogP contribution is -2.52. The van der Waals surface area contributed by atoms with Gasteiger partial charge in [-0.15, -0.1) is 0 Å². The van der Waals surface area contributed by atoms with Crippen LogP contribution in [0.25, 0.3) is 0 Å². The van der Waals surface area contributed by atoms with Crippen LogP contribution in [-0.4, -0.2) is 40.8 Å². The number of amides is 2. The van der Waals surface area contributed by atoms with E-state index in [1.807, 2.05) is 13.8 Å². The zero-order chi connectivity index (χ0) is 11.7. The van der Waals surface area contributed by atoms with Gasteiger partial charge in [-0.25, -0.2) is 0 Å². The van der Waals surface area contributed by atoms with Crippen molar-refractivity contribution >= 4 is 11.8 Å². The van der Waals surface area contributed by atoms with Gasteiger partial charge in [-0.05, 0) is 20.3 Å². The predicted octanol–water partition coefficient (Wildman–Crippen LogP) is 0.284. The Morgan fingerprint density at radius 3 is 2.62 bits per heavy atom. The second-order valence-corrected chi connectivity index (χ2v) is 5.20. The SMILES string of the molecule is CC(=O)N1C(=O)[C@@H]2C[C@H]1[C@@H]1OC(C)(C)O[C@@H]12. The Morgan fingerprint density at radius 2 is 2.00 bits per heavy atom. The van der Waals surface area contributed by atoms with E-state index in [0.717, 1.165) is 0 Å². The molecule has 2 amide bonds. The summed E-state index contributed by atoms with van der Waals surface area (Å²) >= 11 is 0. The van der Waals surface area contributed by atoms with Crippen molar-refractivity contribution in [2.75, 3.05) is 0 Å². The minimum atomic E-state index is -0.640. The topological polar surface area (TPSA) is 55.8 Å². The third-order valence-corrected chi connectivity index (χ3v) is 3.66. The number of hydrogen-bond acceptors (Lipinski definition) is 4. The second kappa shape index (κ2) is 2.84. The van der Waals surface area contributed by atoms with Crippen LogP contribution in [0.15, 0.2) is 0 Å². The molecule has 5 heteroatoms. The summed E-state index contributed by atoms with van der Waals surface area (Å²) in [5.74, 6) is -1.12. The Balaban J connectivity index is 1.92. The lowest BCUT2D eigenvalue weighted by molar-refractivity contribution is -0.157.